The monoisotopic (exact) mass is 498 g/mol. The first-order chi connectivity index (χ1) is 16.4. The van der Waals surface area contributed by atoms with Crippen molar-refractivity contribution < 1.29 is 17.3 Å². The van der Waals surface area contributed by atoms with Crippen LogP contribution in [0.25, 0.3) is 22.2 Å². The van der Waals surface area contributed by atoms with Gasteiger partial charge in [-0.3, -0.25) is 4.90 Å². The van der Waals surface area contributed by atoms with E-state index in [1.54, 1.807) is 25.1 Å². The Labute approximate surface area is 201 Å². The first-order valence-electron chi connectivity index (χ1n) is 10.9. The zero-order chi connectivity index (χ0) is 23.7. The molecule has 0 aliphatic carbocycles. The van der Waals surface area contributed by atoms with E-state index in [1.165, 1.54) is 34.6 Å². The molecule has 1 N–H and O–H groups in total. The van der Waals surface area contributed by atoms with E-state index in [0.717, 1.165) is 19.5 Å². The molecule has 1 aliphatic heterocycles. The van der Waals surface area contributed by atoms with Gasteiger partial charge in [0.15, 0.2) is 0 Å². The van der Waals surface area contributed by atoms with Gasteiger partial charge in [-0.1, -0.05) is 41.6 Å². The second-order valence-corrected chi connectivity index (χ2v) is 11.1. The van der Waals surface area contributed by atoms with E-state index >= 15 is 0 Å². The van der Waals surface area contributed by atoms with Gasteiger partial charge in [0.05, 0.1) is 9.77 Å². The lowest BCUT2D eigenvalue weighted by Gasteiger charge is -2.28. The maximum absolute atomic E-state index is 13.5. The number of hydrogen-bond acceptors (Lipinski definition) is 7. The molecule has 0 saturated carbocycles. The minimum absolute atomic E-state index is 0.195. The van der Waals surface area contributed by atoms with Gasteiger partial charge in [-0.05, 0) is 42.7 Å². The predicted octanol–water partition coefficient (Wildman–Crippen LogP) is 4.25. The molecule has 0 saturated heterocycles. The summed E-state index contributed by atoms with van der Waals surface area (Å²) in [5.41, 5.74) is 3.15. The minimum atomic E-state index is -3.70. The van der Waals surface area contributed by atoms with E-state index in [2.05, 4.69) is 38.0 Å². The number of aryl methyl sites for hydroxylation is 1. The van der Waals surface area contributed by atoms with Crippen LogP contribution in [0.1, 0.15) is 16.0 Å². The van der Waals surface area contributed by atoms with Crippen molar-refractivity contribution in [3.8, 4) is 22.2 Å². The number of nitrogens with zero attached hydrogens (tertiary/aromatic N) is 3. The summed E-state index contributed by atoms with van der Waals surface area (Å²) in [5.74, 6) is 0.0380. The van der Waals surface area contributed by atoms with Gasteiger partial charge in [0, 0.05) is 36.6 Å². The van der Waals surface area contributed by atoms with Crippen molar-refractivity contribution in [3.63, 3.8) is 0 Å². The molecule has 7 nitrogen and oxygen atoms in total. The molecule has 0 amide bonds. The Morgan fingerprint density at radius 1 is 1.15 bits per heavy atom. The van der Waals surface area contributed by atoms with E-state index < -0.39 is 15.8 Å². The molecule has 5 rings (SSSR count). The molecular weight excluding hydrogens is 475 g/mol. The van der Waals surface area contributed by atoms with Gasteiger partial charge >= 0.3 is 0 Å². The smallest absolute Gasteiger partial charge is 0.268 e. The third-order valence-electron chi connectivity index (χ3n) is 5.81. The summed E-state index contributed by atoms with van der Waals surface area (Å²) in [5, 5.41) is 3.91. The Morgan fingerprint density at radius 3 is 2.79 bits per heavy atom. The molecule has 0 bridgehead atoms. The molecular formula is C24H23FN4O3S2. The summed E-state index contributed by atoms with van der Waals surface area (Å²) in [6.45, 7) is 4.42. The highest BCUT2D eigenvalue weighted by molar-refractivity contribution is 7.89. The zero-order valence-electron chi connectivity index (χ0n) is 18.5. The van der Waals surface area contributed by atoms with E-state index in [1.807, 2.05) is 6.07 Å². The number of rotatable bonds is 7. The van der Waals surface area contributed by atoms with Crippen molar-refractivity contribution >= 4 is 21.4 Å². The van der Waals surface area contributed by atoms with Crippen LogP contribution in [-0.4, -0.2) is 43.1 Å². The van der Waals surface area contributed by atoms with E-state index in [0.29, 0.717) is 28.4 Å². The lowest BCUT2D eigenvalue weighted by atomic mass is 10.0. The lowest BCUT2D eigenvalue weighted by Crippen LogP contribution is -2.37. The van der Waals surface area contributed by atoms with Crippen molar-refractivity contribution in [2.45, 2.75) is 24.8 Å². The Balaban J connectivity index is 1.25. The van der Waals surface area contributed by atoms with E-state index in [9.17, 15) is 12.8 Å². The Morgan fingerprint density at radius 2 is 1.97 bits per heavy atom. The summed E-state index contributed by atoms with van der Waals surface area (Å²) in [6.07, 6.45) is 0.970. The molecule has 10 heteroatoms. The molecule has 1 aliphatic rings. The number of nitrogens with one attached hydrogen (secondary N) is 1. The van der Waals surface area contributed by atoms with Gasteiger partial charge in [-0.2, -0.15) is 4.98 Å². The molecule has 0 radical (unpaired) electrons. The first-order valence-corrected chi connectivity index (χ1v) is 13.2. The van der Waals surface area contributed by atoms with Crippen LogP contribution in [0.15, 0.2) is 64.0 Å². The highest BCUT2D eigenvalue weighted by Crippen LogP contribution is 2.33. The Hall–Kier alpha value is -2.92. The first kappa shape index (κ1) is 22.9. The maximum atomic E-state index is 13.5. The third-order valence-corrected chi connectivity index (χ3v) is 8.57. The molecule has 34 heavy (non-hydrogen) atoms. The lowest BCUT2D eigenvalue weighted by molar-refractivity contribution is 0.258. The fraction of sp³-hybridized carbons (Fsp3) is 0.250. The van der Waals surface area contributed by atoms with Crippen molar-refractivity contribution in [3.05, 3.63) is 76.4 Å². The van der Waals surface area contributed by atoms with E-state index in [-0.39, 0.29) is 16.6 Å². The normalized spacial score (nSPS) is 14.3. The van der Waals surface area contributed by atoms with Crippen LogP contribution in [0.2, 0.25) is 0 Å². The van der Waals surface area contributed by atoms with Crippen LogP contribution in [0, 0.1) is 12.7 Å². The molecule has 2 aromatic carbocycles. The SMILES string of the molecule is Cc1sc(-c2nc(-c3cccc(F)c3)no2)cc1S(=O)(=O)NCCN1CCc2ccccc2C1. The summed E-state index contributed by atoms with van der Waals surface area (Å²) >= 11 is 1.26. The molecule has 176 valence electrons. The van der Waals surface area contributed by atoms with Crippen LogP contribution >= 0.6 is 11.3 Å². The number of fused-ring (bicyclic) bond motifs is 1. The summed E-state index contributed by atoms with van der Waals surface area (Å²) in [7, 11) is -3.70. The topological polar surface area (TPSA) is 88.3 Å². The Kier molecular flexibility index (Phi) is 6.30. The van der Waals surface area contributed by atoms with Gasteiger partial charge in [0.2, 0.25) is 15.8 Å². The Bertz CT molecular complexity index is 1430. The third kappa shape index (κ3) is 4.80. The molecule has 0 unspecified atom stereocenters. The van der Waals surface area contributed by atoms with Gasteiger partial charge < -0.3 is 4.52 Å². The average molecular weight is 499 g/mol. The number of halogens is 1. The van der Waals surface area contributed by atoms with Crippen LogP contribution in [0.5, 0.6) is 0 Å². The molecule has 0 atom stereocenters. The molecule has 0 fully saturated rings. The number of hydrogen-bond donors (Lipinski definition) is 1. The number of thiophene rings is 1. The second kappa shape index (κ2) is 9.38. The number of sulfonamides is 1. The number of aromatic nitrogens is 2. The number of benzene rings is 2. The van der Waals surface area contributed by atoms with Crippen LogP contribution in [0.4, 0.5) is 4.39 Å². The van der Waals surface area contributed by atoms with Crippen molar-refractivity contribution in [1.82, 2.24) is 19.8 Å². The van der Waals surface area contributed by atoms with Crippen molar-refractivity contribution in [2.75, 3.05) is 19.6 Å². The molecule has 0 spiro atoms. The zero-order valence-corrected chi connectivity index (χ0v) is 20.1. The average Bonchev–Trinajstić information content (AvgIpc) is 3.46. The maximum Gasteiger partial charge on any atom is 0.268 e. The van der Waals surface area contributed by atoms with Crippen LogP contribution in [0.3, 0.4) is 0 Å². The van der Waals surface area contributed by atoms with Crippen LogP contribution < -0.4 is 4.72 Å². The summed E-state index contributed by atoms with van der Waals surface area (Å²) in [4.78, 5) is 7.93. The van der Waals surface area contributed by atoms with Crippen molar-refractivity contribution in [1.29, 1.82) is 0 Å². The highest BCUT2D eigenvalue weighted by Gasteiger charge is 2.23. The highest BCUT2D eigenvalue weighted by atomic mass is 32.2. The van der Waals surface area contributed by atoms with Crippen LogP contribution in [-0.2, 0) is 23.0 Å². The quantitative estimate of drug-likeness (QED) is 0.410. The molecule has 3 heterocycles. The summed E-state index contributed by atoms with van der Waals surface area (Å²) < 4.78 is 47.5. The summed E-state index contributed by atoms with van der Waals surface area (Å²) in [6, 6.07) is 15.8. The van der Waals surface area contributed by atoms with Gasteiger partial charge in [-0.25, -0.2) is 17.5 Å². The minimum Gasteiger partial charge on any atom is -0.333 e. The van der Waals surface area contributed by atoms with Crippen molar-refractivity contribution in [2.24, 2.45) is 0 Å². The molecule has 2 aromatic heterocycles. The van der Waals surface area contributed by atoms with E-state index in [4.69, 9.17) is 4.52 Å². The standard InChI is InChI=1S/C24H23FN4O3S2/c1-16-22(14-21(33-16)24-27-23(28-32-24)18-7-4-8-20(25)13-18)34(30,31)26-10-12-29-11-9-17-5-2-3-6-19(17)15-29/h2-8,13-14,26H,9-12,15H2,1H3. The fourth-order valence-electron chi connectivity index (χ4n) is 4.07. The second-order valence-electron chi connectivity index (χ2n) is 8.16. The van der Waals surface area contributed by atoms with Gasteiger partial charge in [0.25, 0.3) is 5.89 Å². The largest absolute Gasteiger partial charge is 0.333 e. The fourth-order valence-corrected chi connectivity index (χ4v) is 6.60. The predicted molar refractivity (Wildman–Crippen MR) is 128 cm³/mol. The van der Waals surface area contributed by atoms with Gasteiger partial charge in [-0.15, -0.1) is 11.3 Å². The molecule has 4 aromatic rings. The van der Waals surface area contributed by atoms with Gasteiger partial charge in [0.1, 0.15) is 5.82 Å².